The predicted octanol–water partition coefficient (Wildman–Crippen LogP) is 2.65. The van der Waals surface area contributed by atoms with Crippen LogP contribution in [0.15, 0.2) is 24.3 Å². The van der Waals surface area contributed by atoms with Gasteiger partial charge in [-0.1, -0.05) is 12.1 Å². The van der Waals surface area contributed by atoms with E-state index in [1.54, 1.807) is 7.11 Å². The molecule has 0 aromatic heterocycles. The van der Waals surface area contributed by atoms with Crippen molar-refractivity contribution in [2.24, 2.45) is 5.92 Å². The number of likely N-dealkylation sites (tertiary alicyclic amines) is 1. The van der Waals surface area contributed by atoms with E-state index in [9.17, 15) is 9.59 Å². The lowest BCUT2D eigenvalue weighted by molar-refractivity contribution is -0.144. The fraction of sp³-hybridized carbons (Fsp3) is 0.652. The first-order chi connectivity index (χ1) is 14.2. The van der Waals surface area contributed by atoms with Gasteiger partial charge in [-0.2, -0.15) is 0 Å². The van der Waals surface area contributed by atoms with E-state index in [-0.39, 0.29) is 23.9 Å². The van der Waals surface area contributed by atoms with E-state index < -0.39 is 0 Å². The second-order valence-electron chi connectivity index (χ2n) is 8.52. The number of rotatable bonds is 6. The SMILES string of the molecule is COc1ccc(CC(=O)N(C2CCOCC2)C2CCCN(C(=O)C3CC3)C2)cc1. The minimum atomic E-state index is 0.111. The van der Waals surface area contributed by atoms with Crippen molar-refractivity contribution in [3.63, 3.8) is 0 Å². The Morgan fingerprint density at radius 1 is 1.07 bits per heavy atom. The van der Waals surface area contributed by atoms with Crippen molar-refractivity contribution in [3.8, 4) is 5.75 Å². The van der Waals surface area contributed by atoms with Crippen molar-refractivity contribution in [1.82, 2.24) is 9.80 Å². The molecular weight excluding hydrogens is 368 g/mol. The summed E-state index contributed by atoms with van der Waals surface area (Å²) in [5, 5.41) is 0. The second-order valence-corrected chi connectivity index (χ2v) is 8.52. The predicted molar refractivity (Wildman–Crippen MR) is 110 cm³/mol. The first kappa shape index (κ1) is 20.2. The minimum Gasteiger partial charge on any atom is -0.497 e. The maximum Gasteiger partial charge on any atom is 0.227 e. The molecule has 2 heterocycles. The third-order valence-electron chi connectivity index (χ3n) is 6.41. The fourth-order valence-electron chi connectivity index (χ4n) is 4.65. The van der Waals surface area contributed by atoms with Gasteiger partial charge >= 0.3 is 0 Å². The van der Waals surface area contributed by atoms with Crippen molar-refractivity contribution in [3.05, 3.63) is 29.8 Å². The average Bonchev–Trinajstić information content (AvgIpc) is 3.60. The molecule has 3 fully saturated rings. The normalized spacial score (nSPS) is 22.9. The molecule has 2 aliphatic heterocycles. The Morgan fingerprint density at radius 3 is 2.45 bits per heavy atom. The number of hydrogen-bond donors (Lipinski definition) is 0. The Balaban J connectivity index is 1.48. The highest BCUT2D eigenvalue weighted by molar-refractivity contribution is 5.82. The molecule has 3 aliphatic rings. The zero-order valence-corrected chi connectivity index (χ0v) is 17.3. The van der Waals surface area contributed by atoms with Crippen molar-refractivity contribution >= 4 is 11.8 Å². The van der Waals surface area contributed by atoms with Gasteiger partial charge in [-0.25, -0.2) is 0 Å². The van der Waals surface area contributed by atoms with Crippen LogP contribution in [-0.4, -0.2) is 67.1 Å². The van der Waals surface area contributed by atoms with Gasteiger partial charge in [0.1, 0.15) is 5.75 Å². The first-order valence-electron chi connectivity index (χ1n) is 11.0. The van der Waals surface area contributed by atoms with E-state index in [1.807, 2.05) is 29.2 Å². The van der Waals surface area contributed by atoms with E-state index in [2.05, 4.69) is 4.90 Å². The molecule has 158 valence electrons. The number of carbonyl (C=O) groups excluding carboxylic acids is 2. The fourth-order valence-corrected chi connectivity index (χ4v) is 4.65. The number of hydrogen-bond acceptors (Lipinski definition) is 4. The lowest BCUT2D eigenvalue weighted by Crippen LogP contribution is -2.56. The number of benzene rings is 1. The summed E-state index contributed by atoms with van der Waals surface area (Å²) in [5.41, 5.74) is 0.995. The van der Waals surface area contributed by atoms with E-state index in [1.165, 1.54) is 0 Å². The molecule has 4 rings (SSSR count). The van der Waals surface area contributed by atoms with Crippen LogP contribution in [0.5, 0.6) is 5.75 Å². The molecule has 2 saturated heterocycles. The van der Waals surface area contributed by atoms with Gasteiger partial charge in [-0.3, -0.25) is 9.59 Å². The Morgan fingerprint density at radius 2 is 1.79 bits per heavy atom. The number of nitrogens with zero attached hydrogens (tertiary/aromatic N) is 2. The lowest BCUT2D eigenvalue weighted by Gasteiger charge is -2.44. The molecule has 1 aliphatic carbocycles. The van der Waals surface area contributed by atoms with Crippen LogP contribution < -0.4 is 4.74 Å². The smallest absolute Gasteiger partial charge is 0.227 e. The third kappa shape index (κ3) is 4.92. The van der Waals surface area contributed by atoms with Gasteiger partial charge in [0.05, 0.1) is 13.5 Å². The molecule has 29 heavy (non-hydrogen) atoms. The topological polar surface area (TPSA) is 59.1 Å². The number of ether oxygens (including phenoxy) is 2. The molecule has 6 heteroatoms. The monoisotopic (exact) mass is 400 g/mol. The summed E-state index contributed by atoms with van der Waals surface area (Å²) in [7, 11) is 1.64. The van der Waals surface area contributed by atoms with E-state index in [0.29, 0.717) is 32.1 Å². The quantitative estimate of drug-likeness (QED) is 0.737. The first-order valence-corrected chi connectivity index (χ1v) is 11.0. The number of piperidine rings is 1. The Hall–Kier alpha value is -2.08. The summed E-state index contributed by atoms with van der Waals surface area (Å²) < 4.78 is 10.8. The summed E-state index contributed by atoms with van der Waals surface area (Å²) in [5.74, 6) is 1.49. The zero-order chi connectivity index (χ0) is 20.2. The third-order valence-corrected chi connectivity index (χ3v) is 6.41. The largest absolute Gasteiger partial charge is 0.497 e. The highest BCUT2D eigenvalue weighted by atomic mass is 16.5. The molecular formula is C23H32N2O4. The van der Waals surface area contributed by atoms with Crippen LogP contribution in [0.2, 0.25) is 0 Å². The van der Waals surface area contributed by atoms with Crippen molar-refractivity contribution < 1.29 is 19.1 Å². The Bertz CT molecular complexity index is 710. The van der Waals surface area contributed by atoms with Crippen LogP contribution in [0.1, 0.15) is 44.1 Å². The summed E-state index contributed by atoms with van der Waals surface area (Å²) in [4.78, 5) is 30.2. The number of carbonyl (C=O) groups is 2. The maximum absolute atomic E-state index is 13.4. The van der Waals surface area contributed by atoms with Gasteiger partial charge in [0.2, 0.25) is 11.8 Å². The van der Waals surface area contributed by atoms with Crippen LogP contribution in [0, 0.1) is 5.92 Å². The van der Waals surface area contributed by atoms with Crippen molar-refractivity contribution in [2.75, 3.05) is 33.4 Å². The molecule has 1 atom stereocenters. The highest BCUT2D eigenvalue weighted by Gasteiger charge is 2.39. The zero-order valence-electron chi connectivity index (χ0n) is 17.3. The summed E-state index contributed by atoms with van der Waals surface area (Å²) >= 11 is 0. The van der Waals surface area contributed by atoms with Crippen molar-refractivity contribution in [2.45, 2.75) is 57.0 Å². The molecule has 0 spiro atoms. The van der Waals surface area contributed by atoms with Crippen LogP contribution in [0.4, 0.5) is 0 Å². The highest BCUT2D eigenvalue weighted by Crippen LogP contribution is 2.33. The Labute approximate surface area is 173 Å². The standard InChI is InChI=1S/C23H32N2O4/c1-28-21-8-4-17(5-9-21)15-22(26)25(19-10-13-29-14-11-19)20-3-2-12-24(16-20)23(27)18-6-7-18/h4-5,8-9,18-20H,2-3,6-7,10-16H2,1H3. The Kier molecular flexibility index (Phi) is 6.38. The maximum atomic E-state index is 13.4. The van der Waals surface area contributed by atoms with Gasteiger partial charge in [-0.05, 0) is 56.2 Å². The number of methoxy groups -OCH3 is 1. The molecule has 1 saturated carbocycles. The molecule has 0 bridgehead atoms. The summed E-state index contributed by atoms with van der Waals surface area (Å²) in [6, 6.07) is 8.04. The summed E-state index contributed by atoms with van der Waals surface area (Å²) in [6.45, 7) is 2.92. The van der Waals surface area contributed by atoms with Gasteiger partial charge in [0.15, 0.2) is 0 Å². The molecule has 6 nitrogen and oxygen atoms in total. The summed E-state index contributed by atoms with van der Waals surface area (Å²) in [6.07, 6.45) is 6.14. The van der Waals surface area contributed by atoms with Crippen LogP contribution >= 0.6 is 0 Å². The van der Waals surface area contributed by atoms with Crippen LogP contribution in [0.25, 0.3) is 0 Å². The van der Waals surface area contributed by atoms with Gasteiger partial charge in [0, 0.05) is 44.3 Å². The van der Waals surface area contributed by atoms with Crippen LogP contribution in [-0.2, 0) is 20.7 Å². The van der Waals surface area contributed by atoms with Gasteiger partial charge in [0.25, 0.3) is 0 Å². The molecule has 0 radical (unpaired) electrons. The minimum absolute atomic E-state index is 0.111. The average molecular weight is 401 g/mol. The molecule has 1 unspecified atom stereocenters. The van der Waals surface area contributed by atoms with E-state index >= 15 is 0 Å². The molecule has 0 N–H and O–H groups in total. The van der Waals surface area contributed by atoms with Gasteiger partial charge in [-0.15, -0.1) is 0 Å². The molecule has 1 aromatic carbocycles. The van der Waals surface area contributed by atoms with Gasteiger partial charge < -0.3 is 19.3 Å². The second kappa shape index (κ2) is 9.16. The molecule has 1 aromatic rings. The van der Waals surface area contributed by atoms with E-state index in [0.717, 1.165) is 56.4 Å². The number of amides is 2. The lowest BCUT2D eigenvalue weighted by atomic mass is 9.97. The van der Waals surface area contributed by atoms with Crippen molar-refractivity contribution in [1.29, 1.82) is 0 Å². The van der Waals surface area contributed by atoms with Crippen LogP contribution in [0.3, 0.4) is 0 Å². The molecule has 2 amide bonds. The van der Waals surface area contributed by atoms with E-state index in [4.69, 9.17) is 9.47 Å².